The Labute approximate surface area is 430 Å². The molecule has 12 aliphatic rings. The van der Waals surface area contributed by atoms with E-state index in [1.165, 1.54) is 128 Å². The predicted octanol–water partition coefficient (Wildman–Crippen LogP) is 20.4. The largest absolute Gasteiger partial charge is 0.0816 e. The Morgan fingerprint density at radius 3 is 1.59 bits per heavy atom. The van der Waals surface area contributed by atoms with Gasteiger partial charge in [-0.25, -0.2) is 0 Å². The summed E-state index contributed by atoms with van der Waals surface area (Å²) in [5.74, 6) is 19.9. The molecule has 0 nitrogen and oxygen atoms in total. The summed E-state index contributed by atoms with van der Waals surface area (Å²) in [6, 6.07) is 0. The second-order valence-electron chi connectivity index (χ2n) is 32.2. The topological polar surface area (TPSA) is 0 Å². The summed E-state index contributed by atoms with van der Waals surface area (Å²) in [6.45, 7) is 46.7. The van der Waals surface area contributed by atoms with Gasteiger partial charge >= 0.3 is 0 Å². The van der Waals surface area contributed by atoms with Gasteiger partial charge in [-0.1, -0.05) is 154 Å². The van der Waals surface area contributed by atoms with Gasteiger partial charge in [0.05, 0.1) is 0 Å². The third kappa shape index (κ3) is 7.65. The second-order valence-corrected chi connectivity index (χ2v) is 32.2. The van der Waals surface area contributed by atoms with Crippen LogP contribution in [0.25, 0.3) is 0 Å². The van der Waals surface area contributed by atoms with Crippen LogP contribution in [0.3, 0.4) is 0 Å². The molecule has 27 unspecified atom stereocenters. The number of rotatable bonds is 0. The highest BCUT2D eigenvalue weighted by molar-refractivity contribution is 5.37. The summed E-state index contributed by atoms with van der Waals surface area (Å²) in [5.41, 5.74) is 9.39. The molecule has 0 saturated heterocycles. The molecule has 27 atom stereocenters. The van der Waals surface area contributed by atoms with Crippen molar-refractivity contribution in [3.63, 3.8) is 0 Å². The highest BCUT2D eigenvalue weighted by Gasteiger charge is 2.65. The van der Waals surface area contributed by atoms with E-state index in [1.54, 1.807) is 0 Å². The lowest BCUT2D eigenvalue weighted by Gasteiger charge is -2.64. The van der Waals surface area contributed by atoms with E-state index in [2.05, 4.69) is 131 Å². The molecule has 0 radical (unpaired) electrons. The van der Waals surface area contributed by atoms with Gasteiger partial charge < -0.3 is 0 Å². The average molecular weight is 946 g/mol. The molecule has 0 aromatic rings. The molecule has 0 bridgehead atoms. The van der Waals surface area contributed by atoms with E-state index < -0.39 is 0 Å². The lowest BCUT2D eigenvalue weighted by molar-refractivity contribution is -0.158. The Balaban J connectivity index is 0.000000120. The highest BCUT2D eigenvalue weighted by Crippen LogP contribution is 2.72. The van der Waals surface area contributed by atoms with Crippen molar-refractivity contribution in [1.82, 2.24) is 0 Å². The minimum Gasteiger partial charge on any atom is -0.0816 e. The maximum atomic E-state index is 2.76. The molecular formula is C69H116. The molecule has 0 N–H and O–H groups in total. The first-order chi connectivity index (χ1) is 32.3. The quantitative estimate of drug-likeness (QED) is 0.212. The molecule has 12 rings (SSSR count). The fraction of sp³-hybridized carbons (Fsp3) is 0.942. The molecule has 0 heteroatoms. The number of fused-ring (bicyclic) bond motifs is 14. The van der Waals surface area contributed by atoms with Crippen LogP contribution in [0, 0.1) is 157 Å². The van der Waals surface area contributed by atoms with Crippen LogP contribution in [0.5, 0.6) is 0 Å². The molecule has 392 valence electrons. The van der Waals surface area contributed by atoms with Crippen LogP contribution in [0.1, 0.15) is 253 Å². The molecular weight excluding hydrogens is 829 g/mol. The van der Waals surface area contributed by atoms with Gasteiger partial charge in [0, 0.05) is 0 Å². The monoisotopic (exact) mass is 945 g/mol. The third-order valence-electron chi connectivity index (χ3n) is 29.6. The molecule has 0 aromatic carbocycles. The van der Waals surface area contributed by atoms with Crippen molar-refractivity contribution in [3.05, 3.63) is 22.8 Å². The maximum Gasteiger partial charge on any atom is -0.00847 e. The fourth-order valence-corrected chi connectivity index (χ4v) is 24.1. The van der Waals surface area contributed by atoms with Gasteiger partial charge in [-0.2, -0.15) is 0 Å². The zero-order valence-electron chi connectivity index (χ0n) is 49.3. The third-order valence-corrected chi connectivity index (χ3v) is 29.6. The molecule has 0 spiro atoms. The minimum absolute atomic E-state index is 0.533. The molecule has 12 aliphatic carbocycles. The number of hydrogen-bond donors (Lipinski definition) is 0. The molecule has 9 saturated carbocycles. The van der Waals surface area contributed by atoms with Crippen LogP contribution < -0.4 is 0 Å². The summed E-state index contributed by atoms with van der Waals surface area (Å²) in [4.78, 5) is 0. The summed E-state index contributed by atoms with van der Waals surface area (Å²) < 4.78 is 0. The van der Waals surface area contributed by atoms with Crippen molar-refractivity contribution >= 4 is 0 Å². The van der Waals surface area contributed by atoms with E-state index >= 15 is 0 Å². The van der Waals surface area contributed by atoms with Gasteiger partial charge in [0.15, 0.2) is 0 Å². The summed E-state index contributed by atoms with van der Waals surface area (Å²) in [6.07, 6.45) is 32.4. The van der Waals surface area contributed by atoms with Gasteiger partial charge in [-0.15, -0.1) is 0 Å². The Bertz CT molecular complexity index is 1950. The second kappa shape index (κ2) is 18.1. The summed E-state index contributed by atoms with van der Waals surface area (Å²) >= 11 is 0. The van der Waals surface area contributed by atoms with Gasteiger partial charge in [-0.3, -0.25) is 0 Å². The predicted molar refractivity (Wildman–Crippen MR) is 297 cm³/mol. The van der Waals surface area contributed by atoms with Crippen molar-refractivity contribution in [1.29, 1.82) is 0 Å². The van der Waals surface area contributed by atoms with E-state index in [9.17, 15) is 0 Å². The average Bonchev–Trinajstić information content (AvgIpc) is 3.90. The smallest absolute Gasteiger partial charge is 0.00847 e. The van der Waals surface area contributed by atoms with Crippen LogP contribution in [0.4, 0.5) is 0 Å². The minimum atomic E-state index is 0.533. The van der Waals surface area contributed by atoms with E-state index in [0.717, 1.165) is 124 Å². The van der Waals surface area contributed by atoms with Crippen molar-refractivity contribution < 1.29 is 0 Å². The Morgan fingerprint density at radius 1 is 0.406 bits per heavy atom. The highest BCUT2D eigenvalue weighted by atomic mass is 14.7. The molecule has 69 heavy (non-hydrogen) atoms. The van der Waals surface area contributed by atoms with Gasteiger partial charge in [0.1, 0.15) is 0 Å². The van der Waals surface area contributed by atoms with Crippen LogP contribution in [0.2, 0.25) is 0 Å². The normalized spacial score (nSPS) is 59.1. The van der Waals surface area contributed by atoms with E-state index in [-0.39, 0.29) is 0 Å². The standard InChI is InChI=1S/C23H40.2C23H38/c3*1-14-9-10-22(5)18(11-14)12-15(2)21-19-8-7-16(3)23(19,6)17(4)13-20(21)22/h14-21H,7-13H2,1-6H3;14-19H,7-13H2,1-6H3;12,14-17,19-21H,7-11,13H2,1-6H3. The van der Waals surface area contributed by atoms with Crippen molar-refractivity contribution in [2.24, 2.45) is 157 Å². The summed E-state index contributed by atoms with van der Waals surface area (Å²) in [5, 5.41) is 0. The molecule has 0 aliphatic heterocycles. The van der Waals surface area contributed by atoms with Gasteiger partial charge in [0.25, 0.3) is 0 Å². The molecule has 0 amide bonds. The van der Waals surface area contributed by atoms with Crippen LogP contribution in [0.15, 0.2) is 22.8 Å². The first kappa shape index (κ1) is 51.9. The van der Waals surface area contributed by atoms with Crippen LogP contribution >= 0.6 is 0 Å². The number of hydrogen-bond acceptors (Lipinski definition) is 0. The zero-order chi connectivity index (χ0) is 49.7. The summed E-state index contributed by atoms with van der Waals surface area (Å²) in [7, 11) is 0. The van der Waals surface area contributed by atoms with Gasteiger partial charge in [-0.05, 0) is 279 Å². The maximum absolute atomic E-state index is 2.76. The lowest BCUT2D eigenvalue weighted by Crippen LogP contribution is -2.58. The Kier molecular flexibility index (Phi) is 13.6. The fourth-order valence-electron chi connectivity index (χ4n) is 24.1. The van der Waals surface area contributed by atoms with E-state index in [1.807, 2.05) is 16.7 Å². The SMILES string of the molecule is CC1CCC2(C)C(=CC(C)C3C2CC(C)C2(C)C(C)CCC32)C1.CC1CCC2(C)C(C1)CC(C)C1C2CC(C)C2(C)C(C)CCC12.CC1CCC2(C)C3=C(C(C)CC2C1)C1CCC(C)C1(C)C(C)C3. The molecule has 0 aromatic heterocycles. The first-order valence-electron chi connectivity index (χ1n) is 31.8. The lowest BCUT2D eigenvalue weighted by atomic mass is 9.40. The Morgan fingerprint density at radius 2 is 0.942 bits per heavy atom. The van der Waals surface area contributed by atoms with Gasteiger partial charge in [0.2, 0.25) is 0 Å². The zero-order valence-corrected chi connectivity index (χ0v) is 49.3. The van der Waals surface area contributed by atoms with Crippen molar-refractivity contribution in [3.8, 4) is 0 Å². The first-order valence-corrected chi connectivity index (χ1v) is 31.8. The van der Waals surface area contributed by atoms with Crippen molar-refractivity contribution in [2.75, 3.05) is 0 Å². The molecule has 0 heterocycles. The Hall–Kier alpha value is -0.520. The van der Waals surface area contributed by atoms with E-state index in [0.29, 0.717) is 32.5 Å². The van der Waals surface area contributed by atoms with Crippen LogP contribution in [-0.4, -0.2) is 0 Å². The molecule has 9 fully saturated rings. The van der Waals surface area contributed by atoms with E-state index in [4.69, 9.17) is 0 Å². The van der Waals surface area contributed by atoms with Crippen LogP contribution in [-0.2, 0) is 0 Å². The van der Waals surface area contributed by atoms with Crippen molar-refractivity contribution in [2.45, 2.75) is 253 Å². The number of allylic oxidation sites excluding steroid dienone is 4.